The maximum Gasteiger partial charge on any atom is 0.407 e. The van der Waals surface area contributed by atoms with Crippen LogP contribution in [0.25, 0.3) is 0 Å². The fourth-order valence-electron chi connectivity index (χ4n) is 2.81. The van der Waals surface area contributed by atoms with Crippen LogP contribution in [0.5, 0.6) is 0 Å². The van der Waals surface area contributed by atoms with Crippen LogP contribution in [0.2, 0.25) is 0 Å². The van der Waals surface area contributed by atoms with Gasteiger partial charge in [0.2, 0.25) is 5.91 Å². The Bertz CT molecular complexity index is 594. The van der Waals surface area contributed by atoms with Gasteiger partial charge < -0.3 is 19.9 Å². The number of alkyl carbamates (subject to hydrolysis) is 1. The normalized spacial score (nSPS) is 18.6. The highest BCUT2D eigenvalue weighted by atomic mass is 16.6. The Morgan fingerprint density at radius 2 is 2.16 bits per heavy atom. The van der Waals surface area contributed by atoms with Gasteiger partial charge in [-0.3, -0.25) is 9.69 Å². The average Bonchev–Trinajstić information content (AvgIpc) is 2.89. The quantitative estimate of drug-likeness (QED) is 0.844. The van der Waals surface area contributed by atoms with E-state index in [0.717, 1.165) is 25.8 Å². The zero-order valence-corrected chi connectivity index (χ0v) is 15.4. The van der Waals surface area contributed by atoms with Crippen LogP contribution in [-0.4, -0.2) is 53.3 Å². The van der Waals surface area contributed by atoms with E-state index in [1.54, 1.807) is 13.0 Å². The number of anilines is 1. The predicted molar refractivity (Wildman–Crippen MR) is 93.3 cm³/mol. The summed E-state index contributed by atoms with van der Waals surface area (Å²) in [6.45, 7) is 8.80. The number of nitrogens with one attached hydrogen (secondary N) is 2. The number of nitrogens with zero attached hydrogens (tertiary/aromatic N) is 2. The Kier molecular flexibility index (Phi) is 6.41. The van der Waals surface area contributed by atoms with Gasteiger partial charge in [-0.2, -0.15) is 0 Å². The minimum Gasteiger partial charge on any atom is -0.444 e. The lowest BCUT2D eigenvalue weighted by atomic mass is 10.0. The molecule has 25 heavy (non-hydrogen) atoms. The molecule has 1 aliphatic rings. The first-order chi connectivity index (χ1) is 11.7. The molecule has 1 saturated heterocycles. The van der Waals surface area contributed by atoms with Crippen molar-refractivity contribution >= 4 is 17.8 Å². The van der Waals surface area contributed by atoms with Crippen molar-refractivity contribution in [1.82, 2.24) is 15.4 Å². The third-order valence-electron chi connectivity index (χ3n) is 3.87. The molecule has 1 fully saturated rings. The van der Waals surface area contributed by atoms with E-state index < -0.39 is 11.7 Å². The minimum absolute atomic E-state index is 0.117. The highest BCUT2D eigenvalue weighted by molar-refractivity contribution is 5.91. The molecule has 1 atom stereocenters. The number of likely N-dealkylation sites (tertiary alicyclic amines) is 1. The maximum atomic E-state index is 12.2. The number of aromatic nitrogens is 1. The molecule has 8 heteroatoms. The van der Waals surface area contributed by atoms with Crippen molar-refractivity contribution in [3.8, 4) is 0 Å². The largest absolute Gasteiger partial charge is 0.444 e. The van der Waals surface area contributed by atoms with Gasteiger partial charge in [-0.1, -0.05) is 11.6 Å². The monoisotopic (exact) mass is 352 g/mol. The van der Waals surface area contributed by atoms with Gasteiger partial charge in [0.1, 0.15) is 11.4 Å². The van der Waals surface area contributed by atoms with Crippen LogP contribution < -0.4 is 10.6 Å². The lowest BCUT2D eigenvalue weighted by molar-refractivity contribution is -0.118. The van der Waals surface area contributed by atoms with E-state index in [2.05, 4.69) is 20.7 Å². The highest BCUT2D eigenvalue weighted by Crippen LogP contribution is 2.17. The van der Waals surface area contributed by atoms with Crippen molar-refractivity contribution < 1.29 is 18.8 Å². The summed E-state index contributed by atoms with van der Waals surface area (Å²) in [6.07, 6.45) is 2.63. The van der Waals surface area contributed by atoms with Gasteiger partial charge >= 0.3 is 6.09 Å². The number of piperidine rings is 1. The van der Waals surface area contributed by atoms with Gasteiger partial charge in [0, 0.05) is 18.7 Å². The third-order valence-corrected chi connectivity index (χ3v) is 3.87. The molecule has 2 heterocycles. The summed E-state index contributed by atoms with van der Waals surface area (Å²) in [5.74, 6) is 0.924. The maximum absolute atomic E-state index is 12.2. The van der Waals surface area contributed by atoms with Crippen molar-refractivity contribution in [1.29, 1.82) is 0 Å². The molecule has 2 rings (SSSR count). The van der Waals surface area contributed by atoms with Gasteiger partial charge in [0.15, 0.2) is 5.82 Å². The molecule has 0 aromatic carbocycles. The van der Waals surface area contributed by atoms with Gasteiger partial charge in [-0.25, -0.2) is 4.79 Å². The van der Waals surface area contributed by atoms with E-state index in [4.69, 9.17) is 9.26 Å². The second-order valence-electron chi connectivity index (χ2n) is 7.37. The van der Waals surface area contributed by atoms with E-state index >= 15 is 0 Å². The number of hydrogen-bond donors (Lipinski definition) is 2. The van der Waals surface area contributed by atoms with E-state index in [1.807, 2.05) is 20.8 Å². The van der Waals surface area contributed by atoms with Crippen LogP contribution in [-0.2, 0) is 9.53 Å². The standard InChI is InChI=1S/C17H28N4O4/c1-12-9-14(20-25-12)19-15(22)11-21-8-6-5-7-13(21)10-18-16(23)24-17(2,3)4/h9,13H,5-8,10-11H2,1-4H3,(H,18,23)(H,19,20,22)/t13-/m0/s1. The molecule has 0 saturated carbocycles. The van der Waals surface area contributed by atoms with Crippen LogP contribution in [0.15, 0.2) is 10.6 Å². The van der Waals surface area contributed by atoms with Crippen LogP contribution in [0.1, 0.15) is 45.8 Å². The summed E-state index contributed by atoms with van der Waals surface area (Å²) >= 11 is 0. The lowest BCUT2D eigenvalue weighted by Gasteiger charge is -2.35. The van der Waals surface area contributed by atoms with E-state index in [1.165, 1.54) is 0 Å². The summed E-state index contributed by atoms with van der Waals surface area (Å²) in [5.41, 5.74) is -0.522. The van der Waals surface area contributed by atoms with E-state index in [9.17, 15) is 9.59 Å². The van der Waals surface area contributed by atoms with Gasteiger partial charge in [-0.15, -0.1) is 0 Å². The minimum atomic E-state index is -0.522. The Morgan fingerprint density at radius 1 is 1.40 bits per heavy atom. The van der Waals surface area contributed by atoms with Crippen LogP contribution >= 0.6 is 0 Å². The molecule has 0 unspecified atom stereocenters. The molecule has 2 amide bonds. The first-order valence-electron chi connectivity index (χ1n) is 8.67. The molecule has 0 radical (unpaired) electrons. The number of hydrogen-bond acceptors (Lipinski definition) is 6. The molecular weight excluding hydrogens is 324 g/mol. The Balaban J connectivity index is 1.83. The SMILES string of the molecule is Cc1cc(NC(=O)CN2CCCC[C@H]2CNC(=O)OC(C)(C)C)no1. The van der Waals surface area contributed by atoms with Crippen LogP contribution in [0.3, 0.4) is 0 Å². The first kappa shape index (κ1) is 19.2. The summed E-state index contributed by atoms with van der Waals surface area (Å²) in [7, 11) is 0. The fourth-order valence-corrected chi connectivity index (χ4v) is 2.81. The number of ether oxygens (including phenoxy) is 1. The molecule has 1 aromatic rings. The van der Waals surface area contributed by atoms with Gasteiger partial charge in [0.25, 0.3) is 0 Å². The zero-order valence-electron chi connectivity index (χ0n) is 15.4. The summed E-state index contributed by atoms with van der Waals surface area (Å²) in [5, 5.41) is 9.29. The summed E-state index contributed by atoms with van der Waals surface area (Å²) in [6, 6.07) is 1.79. The number of carbonyl (C=O) groups excluding carboxylic acids is 2. The predicted octanol–water partition coefficient (Wildman–Crippen LogP) is 2.30. The van der Waals surface area contributed by atoms with Gasteiger partial charge in [-0.05, 0) is 47.1 Å². The Labute approximate surface area is 148 Å². The lowest BCUT2D eigenvalue weighted by Crippen LogP contribution is -2.49. The number of rotatable bonds is 5. The second-order valence-corrected chi connectivity index (χ2v) is 7.37. The molecule has 0 spiro atoms. The smallest absolute Gasteiger partial charge is 0.407 e. The number of carbonyl (C=O) groups is 2. The summed E-state index contributed by atoms with van der Waals surface area (Å²) < 4.78 is 10.2. The van der Waals surface area contributed by atoms with Crippen molar-refractivity contribution in [2.75, 3.05) is 25.0 Å². The van der Waals surface area contributed by atoms with Crippen molar-refractivity contribution in [2.45, 2.75) is 58.6 Å². The molecule has 0 aliphatic carbocycles. The second kappa shape index (κ2) is 8.33. The molecule has 0 bridgehead atoms. The number of amides is 2. The van der Waals surface area contributed by atoms with Gasteiger partial charge in [0.05, 0.1) is 6.54 Å². The third kappa shape index (κ3) is 6.74. The Hall–Kier alpha value is -2.09. The fraction of sp³-hybridized carbons (Fsp3) is 0.706. The zero-order chi connectivity index (χ0) is 18.4. The first-order valence-corrected chi connectivity index (χ1v) is 8.67. The van der Waals surface area contributed by atoms with Crippen LogP contribution in [0, 0.1) is 6.92 Å². The molecule has 2 N–H and O–H groups in total. The molecule has 140 valence electrons. The Morgan fingerprint density at radius 3 is 2.80 bits per heavy atom. The van der Waals surface area contributed by atoms with Crippen molar-refractivity contribution in [3.05, 3.63) is 11.8 Å². The van der Waals surface area contributed by atoms with Crippen LogP contribution in [0.4, 0.5) is 10.6 Å². The highest BCUT2D eigenvalue weighted by Gasteiger charge is 2.26. The molecule has 1 aromatic heterocycles. The average molecular weight is 352 g/mol. The summed E-state index contributed by atoms with van der Waals surface area (Å²) in [4.78, 5) is 26.1. The number of aryl methyl sites for hydroxylation is 1. The van der Waals surface area contributed by atoms with E-state index in [-0.39, 0.29) is 18.5 Å². The van der Waals surface area contributed by atoms with E-state index in [0.29, 0.717) is 18.1 Å². The topological polar surface area (TPSA) is 96.7 Å². The molecule has 8 nitrogen and oxygen atoms in total. The molecule has 1 aliphatic heterocycles. The van der Waals surface area contributed by atoms with Crippen molar-refractivity contribution in [3.63, 3.8) is 0 Å². The van der Waals surface area contributed by atoms with Crippen molar-refractivity contribution in [2.24, 2.45) is 0 Å². The molecular formula is C17H28N4O4.